The van der Waals surface area contributed by atoms with E-state index in [1.165, 1.54) is 0 Å². The Hall–Kier alpha value is -3.45. The highest BCUT2D eigenvalue weighted by molar-refractivity contribution is 6.16. The number of pyridine rings is 2. The first kappa shape index (κ1) is 13.2. The molecule has 0 saturated heterocycles. The van der Waals surface area contributed by atoms with Crippen molar-refractivity contribution in [3.05, 3.63) is 83.8 Å². The molecule has 0 bridgehead atoms. The van der Waals surface area contributed by atoms with Gasteiger partial charge in [-0.2, -0.15) is 5.26 Å². The van der Waals surface area contributed by atoms with Gasteiger partial charge in [-0.1, -0.05) is 6.07 Å². The number of aromatic nitrogens is 2. The van der Waals surface area contributed by atoms with Crippen LogP contribution < -0.4 is 0 Å². The molecule has 1 aromatic carbocycles. The lowest BCUT2D eigenvalue weighted by molar-refractivity contribution is 0.103. The average molecular weight is 297 g/mol. The highest BCUT2D eigenvalue weighted by atomic mass is 16.1. The van der Waals surface area contributed by atoms with Crippen molar-refractivity contribution in [2.45, 2.75) is 0 Å². The Labute approximate surface area is 132 Å². The lowest BCUT2D eigenvalue weighted by atomic mass is 9.98. The molecule has 0 aliphatic carbocycles. The number of nitriles is 1. The Morgan fingerprint density at radius 2 is 2.04 bits per heavy atom. The second-order valence-electron chi connectivity index (χ2n) is 5.28. The molecule has 3 aromatic heterocycles. The predicted molar refractivity (Wildman–Crippen MR) is 87.3 cm³/mol. The molecule has 4 nitrogen and oxygen atoms in total. The average Bonchev–Trinajstić information content (AvgIpc) is 3.09. The molecule has 0 fully saturated rings. The van der Waals surface area contributed by atoms with Crippen molar-refractivity contribution in [3.8, 4) is 6.07 Å². The number of rotatable bonds is 2. The van der Waals surface area contributed by atoms with Gasteiger partial charge in [0.25, 0.3) is 0 Å². The molecule has 3 heterocycles. The fourth-order valence-corrected chi connectivity index (χ4v) is 2.85. The van der Waals surface area contributed by atoms with Crippen molar-refractivity contribution in [1.29, 1.82) is 5.26 Å². The zero-order valence-electron chi connectivity index (χ0n) is 12.1. The number of ketones is 1. The Morgan fingerprint density at radius 3 is 2.83 bits per heavy atom. The van der Waals surface area contributed by atoms with E-state index in [4.69, 9.17) is 0 Å². The summed E-state index contributed by atoms with van der Waals surface area (Å²) in [7, 11) is 0. The van der Waals surface area contributed by atoms with Gasteiger partial charge >= 0.3 is 0 Å². The van der Waals surface area contributed by atoms with Crippen LogP contribution >= 0.6 is 0 Å². The SMILES string of the molecule is N#Cc1cc(C(=O)c2cccnc2)c2c(ccc3cccn32)c1. The van der Waals surface area contributed by atoms with Gasteiger partial charge in [-0.25, -0.2) is 0 Å². The second kappa shape index (κ2) is 5.08. The first-order valence-electron chi connectivity index (χ1n) is 7.16. The van der Waals surface area contributed by atoms with Crippen LogP contribution in [0, 0.1) is 11.3 Å². The number of fused-ring (bicyclic) bond motifs is 3. The van der Waals surface area contributed by atoms with Gasteiger partial charge < -0.3 is 4.40 Å². The Morgan fingerprint density at radius 1 is 1.13 bits per heavy atom. The van der Waals surface area contributed by atoms with Gasteiger partial charge in [0.2, 0.25) is 0 Å². The number of carbonyl (C=O) groups excluding carboxylic acids is 1. The fraction of sp³-hybridized carbons (Fsp3) is 0. The maximum absolute atomic E-state index is 12.9. The summed E-state index contributed by atoms with van der Waals surface area (Å²) < 4.78 is 1.97. The van der Waals surface area contributed by atoms with Crippen molar-refractivity contribution in [2.75, 3.05) is 0 Å². The maximum atomic E-state index is 12.9. The molecular formula is C19H11N3O. The fourth-order valence-electron chi connectivity index (χ4n) is 2.85. The first-order chi connectivity index (χ1) is 11.3. The van der Waals surface area contributed by atoms with E-state index in [2.05, 4.69) is 11.1 Å². The number of hydrogen-bond donors (Lipinski definition) is 0. The molecule has 0 radical (unpaired) electrons. The van der Waals surface area contributed by atoms with Gasteiger partial charge in [0.15, 0.2) is 5.78 Å². The standard InChI is InChI=1S/C19H11N3O/c20-11-13-9-14-5-6-16-4-2-8-22(16)18(14)17(10-13)19(23)15-3-1-7-21-12-15/h1-10,12H. The van der Waals surface area contributed by atoms with Crippen molar-refractivity contribution in [3.63, 3.8) is 0 Å². The Balaban J connectivity index is 2.09. The van der Waals surface area contributed by atoms with Crippen LogP contribution in [0.2, 0.25) is 0 Å². The van der Waals surface area contributed by atoms with Crippen LogP contribution in [0.5, 0.6) is 0 Å². The summed E-state index contributed by atoms with van der Waals surface area (Å²) >= 11 is 0. The van der Waals surface area contributed by atoms with E-state index in [9.17, 15) is 10.1 Å². The van der Waals surface area contributed by atoms with Gasteiger partial charge in [-0.3, -0.25) is 9.78 Å². The lowest BCUT2D eigenvalue weighted by Crippen LogP contribution is -2.05. The van der Waals surface area contributed by atoms with Crippen LogP contribution in [0.3, 0.4) is 0 Å². The Kier molecular flexibility index (Phi) is 2.92. The molecule has 0 spiro atoms. The monoisotopic (exact) mass is 297 g/mol. The van der Waals surface area contributed by atoms with E-state index in [1.54, 1.807) is 36.7 Å². The molecule has 4 aromatic rings. The smallest absolute Gasteiger partial charge is 0.196 e. The third kappa shape index (κ3) is 2.07. The zero-order chi connectivity index (χ0) is 15.8. The number of hydrogen-bond acceptors (Lipinski definition) is 3. The summed E-state index contributed by atoms with van der Waals surface area (Å²) in [5.74, 6) is -0.138. The topological polar surface area (TPSA) is 58.2 Å². The van der Waals surface area contributed by atoms with E-state index >= 15 is 0 Å². The molecule has 4 heteroatoms. The summed E-state index contributed by atoms with van der Waals surface area (Å²) in [5, 5.41) is 10.1. The molecule has 0 atom stereocenters. The summed E-state index contributed by atoms with van der Waals surface area (Å²) in [6, 6.07) is 16.9. The first-order valence-corrected chi connectivity index (χ1v) is 7.16. The molecule has 23 heavy (non-hydrogen) atoms. The van der Waals surface area contributed by atoms with E-state index in [0.717, 1.165) is 16.4 Å². The molecule has 0 aliphatic rings. The summed E-state index contributed by atoms with van der Waals surface area (Å²) in [6.45, 7) is 0. The lowest BCUT2D eigenvalue weighted by Gasteiger charge is -2.10. The van der Waals surface area contributed by atoms with E-state index < -0.39 is 0 Å². The van der Waals surface area contributed by atoms with Crippen LogP contribution in [0.1, 0.15) is 21.5 Å². The zero-order valence-corrected chi connectivity index (χ0v) is 12.1. The van der Waals surface area contributed by atoms with Gasteiger partial charge in [0, 0.05) is 40.6 Å². The van der Waals surface area contributed by atoms with Crippen LogP contribution in [-0.2, 0) is 0 Å². The third-order valence-electron chi connectivity index (χ3n) is 3.89. The van der Waals surface area contributed by atoms with E-state index in [1.807, 2.05) is 34.9 Å². The predicted octanol–water partition coefficient (Wildman–Crippen LogP) is 3.59. The molecule has 0 unspecified atom stereocenters. The van der Waals surface area contributed by atoms with Crippen LogP contribution in [0.25, 0.3) is 16.4 Å². The highest BCUT2D eigenvalue weighted by Gasteiger charge is 2.16. The van der Waals surface area contributed by atoms with Crippen molar-refractivity contribution in [1.82, 2.24) is 9.38 Å². The number of nitrogens with zero attached hydrogens (tertiary/aromatic N) is 3. The van der Waals surface area contributed by atoms with Crippen molar-refractivity contribution in [2.24, 2.45) is 0 Å². The quantitative estimate of drug-likeness (QED) is 0.531. The molecule has 108 valence electrons. The maximum Gasteiger partial charge on any atom is 0.196 e. The summed E-state index contributed by atoms with van der Waals surface area (Å²) in [4.78, 5) is 16.9. The van der Waals surface area contributed by atoms with Gasteiger partial charge in [-0.05, 0) is 42.5 Å². The number of carbonyl (C=O) groups is 1. The van der Waals surface area contributed by atoms with Crippen LogP contribution in [0.4, 0.5) is 0 Å². The minimum atomic E-state index is -0.138. The molecule has 0 aliphatic heterocycles. The molecule has 0 N–H and O–H groups in total. The molecule has 0 amide bonds. The number of benzene rings is 1. The van der Waals surface area contributed by atoms with Gasteiger partial charge in [0.05, 0.1) is 17.1 Å². The highest BCUT2D eigenvalue weighted by Crippen LogP contribution is 2.25. The minimum absolute atomic E-state index is 0.138. The van der Waals surface area contributed by atoms with Crippen LogP contribution in [-0.4, -0.2) is 15.2 Å². The van der Waals surface area contributed by atoms with Gasteiger partial charge in [-0.15, -0.1) is 0 Å². The molecular weight excluding hydrogens is 286 g/mol. The summed E-state index contributed by atoms with van der Waals surface area (Å²) in [6.07, 6.45) is 5.09. The van der Waals surface area contributed by atoms with Crippen LogP contribution in [0.15, 0.2) is 67.1 Å². The Bertz CT molecular complexity index is 1090. The molecule has 4 rings (SSSR count). The van der Waals surface area contributed by atoms with Crippen molar-refractivity contribution >= 4 is 22.2 Å². The largest absolute Gasteiger partial charge is 0.316 e. The van der Waals surface area contributed by atoms with E-state index in [-0.39, 0.29) is 5.78 Å². The normalized spacial score (nSPS) is 10.7. The molecule has 0 saturated carbocycles. The van der Waals surface area contributed by atoms with E-state index in [0.29, 0.717) is 16.7 Å². The van der Waals surface area contributed by atoms with Gasteiger partial charge in [0.1, 0.15) is 0 Å². The third-order valence-corrected chi connectivity index (χ3v) is 3.89. The van der Waals surface area contributed by atoms with Crippen molar-refractivity contribution < 1.29 is 4.79 Å². The minimum Gasteiger partial charge on any atom is -0.316 e. The summed E-state index contributed by atoms with van der Waals surface area (Å²) in [5.41, 5.74) is 3.29. The second-order valence-corrected chi connectivity index (χ2v) is 5.28.